The van der Waals surface area contributed by atoms with Crippen LogP contribution < -0.4 is 16.4 Å². The first-order chi connectivity index (χ1) is 16.5. The summed E-state index contributed by atoms with van der Waals surface area (Å²) in [4.78, 5) is 31.1. The van der Waals surface area contributed by atoms with Crippen molar-refractivity contribution in [1.82, 2.24) is 19.3 Å². The molecule has 0 bridgehead atoms. The molecular weight excluding hydrogens is 430 g/mol. The zero-order valence-corrected chi connectivity index (χ0v) is 18.6. The van der Waals surface area contributed by atoms with E-state index >= 15 is 0 Å². The first-order valence-corrected chi connectivity index (χ1v) is 11.0. The second kappa shape index (κ2) is 8.82. The molecule has 0 saturated carbocycles. The van der Waals surface area contributed by atoms with E-state index in [0.717, 1.165) is 11.1 Å². The molecule has 4 aromatic heterocycles. The minimum atomic E-state index is -0.412. The van der Waals surface area contributed by atoms with E-state index in [2.05, 4.69) is 10.3 Å². The van der Waals surface area contributed by atoms with Crippen LogP contribution in [0.1, 0.15) is 27.2 Å². The quantitative estimate of drug-likeness (QED) is 0.386. The van der Waals surface area contributed by atoms with Crippen LogP contribution in [-0.4, -0.2) is 26.4 Å². The van der Waals surface area contributed by atoms with Gasteiger partial charge in [0.1, 0.15) is 22.5 Å². The van der Waals surface area contributed by atoms with Gasteiger partial charge in [-0.05, 0) is 48.7 Å². The number of furan rings is 1. The third kappa shape index (κ3) is 4.01. The second-order valence-electron chi connectivity index (χ2n) is 8.15. The minimum Gasteiger partial charge on any atom is -0.467 e. The van der Waals surface area contributed by atoms with Crippen molar-refractivity contribution in [3.05, 3.63) is 111 Å². The summed E-state index contributed by atoms with van der Waals surface area (Å²) in [5.41, 5.74) is 2.59. The van der Waals surface area contributed by atoms with Crippen LogP contribution in [0.4, 0.5) is 0 Å². The molecule has 0 unspecified atom stereocenters. The summed E-state index contributed by atoms with van der Waals surface area (Å²) in [6, 6.07) is 18.5. The number of carbonyl (C=O) groups is 1. The molecule has 4 heterocycles. The fourth-order valence-corrected chi connectivity index (χ4v) is 3.99. The lowest BCUT2D eigenvalue weighted by molar-refractivity contribution is 0.0951. The number of nitrogens with zero attached hydrogens (tertiary/aromatic N) is 3. The zero-order chi connectivity index (χ0) is 23.7. The summed E-state index contributed by atoms with van der Waals surface area (Å²) in [6.07, 6.45) is 3.92. The van der Waals surface area contributed by atoms with Gasteiger partial charge in [0, 0.05) is 12.7 Å². The van der Waals surface area contributed by atoms with Crippen LogP contribution in [-0.2, 0) is 13.0 Å². The predicted octanol–water partition coefficient (Wildman–Crippen LogP) is 3.05. The van der Waals surface area contributed by atoms with E-state index in [0.29, 0.717) is 30.0 Å². The molecule has 170 valence electrons. The molecule has 2 N–H and O–H groups in total. The maximum absolute atomic E-state index is 13.4. The van der Waals surface area contributed by atoms with Gasteiger partial charge < -0.3 is 14.3 Å². The fourth-order valence-electron chi connectivity index (χ4n) is 3.99. The van der Waals surface area contributed by atoms with E-state index in [1.54, 1.807) is 35.2 Å². The van der Waals surface area contributed by atoms with Crippen LogP contribution in [0.2, 0.25) is 0 Å². The van der Waals surface area contributed by atoms with Crippen molar-refractivity contribution in [3.8, 4) is 0 Å². The maximum Gasteiger partial charge on any atom is 0.267 e. The SMILES string of the molecule is Cc1ccc2nc3c(cc(C(=O)NCCc4ccccc4)c(=N)n3Cc3ccco3)c(=O)n2c1. The van der Waals surface area contributed by atoms with Gasteiger partial charge in [0.25, 0.3) is 11.5 Å². The highest BCUT2D eigenvalue weighted by molar-refractivity contribution is 5.96. The normalized spacial score (nSPS) is 11.2. The van der Waals surface area contributed by atoms with Gasteiger partial charge in [0.15, 0.2) is 0 Å². The van der Waals surface area contributed by atoms with Crippen LogP contribution in [0.25, 0.3) is 16.7 Å². The second-order valence-corrected chi connectivity index (χ2v) is 8.15. The number of amides is 1. The Bertz CT molecular complexity index is 1620. The number of hydrogen-bond donors (Lipinski definition) is 2. The van der Waals surface area contributed by atoms with E-state index in [9.17, 15) is 9.59 Å². The van der Waals surface area contributed by atoms with Gasteiger partial charge in [-0.15, -0.1) is 0 Å². The Morgan fingerprint density at radius 2 is 1.94 bits per heavy atom. The molecule has 1 amide bonds. The number of benzene rings is 1. The first-order valence-electron chi connectivity index (χ1n) is 11.0. The standard InChI is InChI=1S/C26H23N5O3/c1-17-9-10-22-29-24-21(26(33)30(22)15-17)14-20(23(27)31(24)16-19-8-5-13-34-19)25(32)28-12-11-18-6-3-2-4-7-18/h2-10,13-15,27H,11-12,16H2,1H3,(H,28,32). The molecule has 0 fully saturated rings. The molecule has 0 saturated heterocycles. The van der Waals surface area contributed by atoms with Gasteiger partial charge in [0.2, 0.25) is 0 Å². The maximum atomic E-state index is 13.4. The summed E-state index contributed by atoms with van der Waals surface area (Å²) in [5, 5.41) is 11.9. The molecule has 1 aromatic carbocycles. The van der Waals surface area contributed by atoms with Crippen molar-refractivity contribution in [1.29, 1.82) is 5.41 Å². The minimum absolute atomic E-state index is 0.0375. The predicted molar refractivity (Wildman–Crippen MR) is 128 cm³/mol. The van der Waals surface area contributed by atoms with Gasteiger partial charge in [-0.3, -0.25) is 19.4 Å². The average molecular weight is 454 g/mol. The lowest BCUT2D eigenvalue weighted by Gasteiger charge is -2.14. The Morgan fingerprint density at radius 3 is 2.71 bits per heavy atom. The number of aromatic nitrogens is 3. The molecule has 0 atom stereocenters. The van der Waals surface area contributed by atoms with Crippen molar-refractivity contribution in [2.24, 2.45) is 0 Å². The van der Waals surface area contributed by atoms with E-state index in [-0.39, 0.29) is 28.5 Å². The molecule has 0 radical (unpaired) electrons. The smallest absolute Gasteiger partial charge is 0.267 e. The van der Waals surface area contributed by atoms with Gasteiger partial charge >= 0.3 is 0 Å². The number of rotatable bonds is 6. The van der Waals surface area contributed by atoms with Crippen molar-refractivity contribution < 1.29 is 9.21 Å². The Morgan fingerprint density at radius 1 is 1.12 bits per heavy atom. The summed E-state index contributed by atoms with van der Waals surface area (Å²) in [5.74, 6) is 0.178. The highest BCUT2D eigenvalue weighted by Crippen LogP contribution is 2.13. The van der Waals surface area contributed by atoms with Crippen LogP contribution >= 0.6 is 0 Å². The van der Waals surface area contributed by atoms with E-state index in [1.807, 2.05) is 43.3 Å². The number of carbonyl (C=O) groups excluding carboxylic acids is 1. The molecule has 5 rings (SSSR count). The van der Waals surface area contributed by atoms with Crippen molar-refractivity contribution >= 4 is 22.6 Å². The summed E-state index contributed by atoms with van der Waals surface area (Å²) in [7, 11) is 0. The number of pyridine rings is 2. The Hall–Kier alpha value is -4.46. The summed E-state index contributed by atoms with van der Waals surface area (Å²) < 4.78 is 8.48. The number of nitrogens with one attached hydrogen (secondary N) is 2. The van der Waals surface area contributed by atoms with E-state index < -0.39 is 5.91 Å². The van der Waals surface area contributed by atoms with Gasteiger partial charge in [-0.2, -0.15) is 0 Å². The number of aryl methyl sites for hydroxylation is 1. The Labute approximate surface area is 194 Å². The van der Waals surface area contributed by atoms with Crippen LogP contribution in [0.5, 0.6) is 0 Å². The third-order valence-electron chi connectivity index (χ3n) is 5.74. The highest BCUT2D eigenvalue weighted by Gasteiger charge is 2.18. The number of hydrogen-bond acceptors (Lipinski definition) is 5. The average Bonchev–Trinajstić information content (AvgIpc) is 3.35. The van der Waals surface area contributed by atoms with Crippen molar-refractivity contribution in [2.45, 2.75) is 19.9 Å². The van der Waals surface area contributed by atoms with Crippen LogP contribution in [0.3, 0.4) is 0 Å². The lowest BCUT2D eigenvalue weighted by atomic mass is 10.1. The molecule has 34 heavy (non-hydrogen) atoms. The van der Waals surface area contributed by atoms with Gasteiger partial charge in [-0.25, -0.2) is 4.98 Å². The zero-order valence-electron chi connectivity index (χ0n) is 18.6. The fraction of sp³-hybridized carbons (Fsp3) is 0.154. The highest BCUT2D eigenvalue weighted by atomic mass is 16.3. The largest absolute Gasteiger partial charge is 0.467 e. The van der Waals surface area contributed by atoms with Crippen LogP contribution in [0.15, 0.2) is 82.3 Å². The summed E-state index contributed by atoms with van der Waals surface area (Å²) >= 11 is 0. The Kier molecular flexibility index (Phi) is 5.55. The molecule has 0 spiro atoms. The Balaban J connectivity index is 1.61. The van der Waals surface area contributed by atoms with Crippen molar-refractivity contribution in [3.63, 3.8) is 0 Å². The van der Waals surface area contributed by atoms with Gasteiger partial charge in [-0.1, -0.05) is 36.4 Å². The molecule has 8 heteroatoms. The molecular formula is C26H23N5O3. The monoisotopic (exact) mass is 453 g/mol. The van der Waals surface area contributed by atoms with Gasteiger partial charge in [0.05, 0.1) is 23.8 Å². The van der Waals surface area contributed by atoms with Crippen LogP contribution in [0, 0.1) is 12.3 Å². The van der Waals surface area contributed by atoms with E-state index in [4.69, 9.17) is 9.83 Å². The molecule has 0 aliphatic heterocycles. The molecule has 8 nitrogen and oxygen atoms in total. The van der Waals surface area contributed by atoms with E-state index in [1.165, 1.54) is 10.5 Å². The molecule has 0 aliphatic carbocycles. The molecule has 5 aromatic rings. The first kappa shape index (κ1) is 21.4. The number of fused-ring (bicyclic) bond motifs is 2. The molecule has 0 aliphatic rings. The topological polar surface area (TPSA) is 105 Å². The third-order valence-corrected chi connectivity index (χ3v) is 5.74. The lowest BCUT2D eigenvalue weighted by Crippen LogP contribution is -2.35. The summed E-state index contributed by atoms with van der Waals surface area (Å²) in [6.45, 7) is 2.47. The van der Waals surface area contributed by atoms with Crippen molar-refractivity contribution in [2.75, 3.05) is 6.54 Å².